The molecule has 0 bridgehead atoms. The van der Waals surface area contributed by atoms with Gasteiger partial charge in [-0.1, -0.05) is 0 Å². The number of ether oxygens (including phenoxy) is 2. The summed E-state index contributed by atoms with van der Waals surface area (Å²) in [4.78, 5) is 0. The average Bonchev–Trinajstić information content (AvgIpc) is 2.28. The van der Waals surface area contributed by atoms with Gasteiger partial charge in [-0.2, -0.15) is 0 Å². The van der Waals surface area contributed by atoms with Crippen molar-refractivity contribution < 1.29 is 14.6 Å². The molecule has 0 saturated heterocycles. The van der Waals surface area contributed by atoms with E-state index in [9.17, 15) is 5.11 Å². The first kappa shape index (κ1) is 12.8. The largest absolute Gasteiger partial charge is 0.496 e. The van der Waals surface area contributed by atoms with Gasteiger partial charge >= 0.3 is 0 Å². The van der Waals surface area contributed by atoms with E-state index in [1.165, 1.54) is 0 Å². The van der Waals surface area contributed by atoms with Crippen molar-refractivity contribution in [1.29, 1.82) is 0 Å². The quantitative estimate of drug-likeness (QED) is 0.807. The van der Waals surface area contributed by atoms with Gasteiger partial charge in [0.25, 0.3) is 0 Å². The number of methoxy groups -OCH3 is 2. The summed E-state index contributed by atoms with van der Waals surface area (Å²) in [6.07, 6.45) is 0. The first-order chi connectivity index (χ1) is 7.47. The van der Waals surface area contributed by atoms with Crippen molar-refractivity contribution in [3.8, 4) is 11.5 Å². The third-order valence-corrected chi connectivity index (χ3v) is 2.76. The van der Waals surface area contributed by atoms with Gasteiger partial charge in [-0.3, -0.25) is 0 Å². The molecular formula is C12H19NO3. The third-order valence-electron chi connectivity index (χ3n) is 2.76. The van der Waals surface area contributed by atoms with Gasteiger partial charge in [-0.25, -0.2) is 0 Å². The van der Waals surface area contributed by atoms with E-state index >= 15 is 0 Å². The molecular weight excluding hydrogens is 206 g/mol. The molecule has 0 aromatic heterocycles. The van der Waals surface area contributed by atoms with Crippen molar-refractivity contribution >= 4 is 0 Å². The summed E-state index contributed by atoms with van der Waals surface area (Å²) in [5, 5.41) is 10.1. The van der Waals surface area contributed by atoms with Gasteiger partial charge in [0.05, 0.1) is 14.2 Å². The van der Waals surface area contributed by atoms with E-state index in [4.69, 9.17) is 15.2 Å². The van der Waals surface area contributed by atoms with Crippen LogP contribution in [0.4, 0.5) is 0 Å². The number of aliphatic hydroxyl groups is 1. The van der Waals surface area contributed by atoms with Crippen LogP contribution < -0.4 is 15.2 Å². The van der Waals surface area contributed by atoms with Crippen molar-refractivity contribution in [3.63, 3.8) is 0 Å². The molecule has 90 valence electrons. The molecule has 0 fully saturated rings. The second kappa shape index (κ2) is 4.72. The Kier molecular flexibility index (Phi) is 3.78. The first-order valence-electron chi connectivity index (χ1n) is 5.12. The Labute approximate surface area is 96.0 Å². The third kappa shape index (κ3) is 2.13. The summed E-state index contributed by atoms with van der Waals surface area (Å²) in [6.45, 7) is 3.68. The van der Waals surface area contributed by atoms with Crippen LogP contribution in [0, 0.1) is 6.92 Å². The lowest BCUT2D eigenvalue weighted by atomic mass is 9.93. The molecule has 16 heavy (non-hydrogen) atoms. The van der Waals surface area contributed by atoms with Gasteiger partial charge in [-0.15, -0.1) is 0 Å². The van der Waals surface area contributed by atoms with E-state index in [0.29, 0.717) is 11.3 Å². The van der Waals surface area contributed by atoms with Gasteiger partial charge in [0, 0.05) is 17.7 Å². The van der Waals surface area contributed by atoms with Crippen LogP contribution in [0.5, 0.6) is 11.5 Å². The highest BCUT2D eigenvalue weighted by Gasteiger charge is 2.27. The van der Waals surface area contributed by atoms with Crippen molar-refractivity contribution in [2.24, 2.45) is 5.73 Å². The predicted molar refractivity (Wildman–Crippen MR) is 62.9 cm³/mol. The molecule has 3 N–H and O–H groups in total. The molecule has 0 heterocycles. The fourth-order valence-electron chi connectivity index (χ4n) is 1.69. The van der Waals surface area contributed by atoms with E-state index in [1.54, 1.807) is 33.3 Å². The van der Waals surface area contributed by atoms with E-state index in [0.717, 1.165) is 11.3 Å². The molecule has 1 unspecified atom stereocenters. The molecule has 0 saturated carbocycles. The van der Waals surface area contributed by atoms with Gasteiger partial charge in [0.15, 0.2) is 0 Å². The minimum absolute atomic E-state index is 0.134. The molecule has 4 nitrogen and oxygen atoms in total. The number of benzene rings is 1. The van der Waals surface area contributed by atoms with Crippen molar-refractivity contribution in [1.82, 2.24) is 0 Å². The van der Waals surface area contributed by atoms with E-state index in [-0.39, 0.29) is 6.54 Å². The molecule has 0 aliphatic heterocycles. The minimum atomic E-state index is -1.09. The number of rotatable bonds is 4. The molecule has 1 aromatic carbocycles. The molecule has 1 atom stereocenters. The highest BCUT2D eigenvalue weighted by Crippen LogP contribution is 2.36. The topological polar surface area (TPSA) is 64.7 Å². The van der Waals surface area contributed by atoms with E-state index in [1.807, 2.05) is 6.92 Å². The maximum atomic E-state index is 10.1. The van der Waals surface area contributed by atoms with Crippen molar-refractivity contribution in [3.05, 3.63) is 23.3 Å². The molecule has 0 aliphatic carbocycles. The zero-order valence-corrected chi connectivity index (χ0v) is 10.2. The zero-order chi connectivity index (χ0) is 12.3. The zero-order valence-electron chi connectivity index (χ0n) is 10.2. The summed E-state index contributed by atoms with van der Waals surface area (Å²) < 4.78 is 10.5. The summed E-state index contributed by atoms with van der Waals surface area (Å²) in [5.41, 5.74) is 5.99. The fraction of sp³-hybridized carbons (Fsp3) is 0.500. The fourth-order valence-corrected chi connectivity index (χ4v) is 1.69. The Hall–Kier alpha value is -1.26. The van der Waals surface area contributed by atoms with E-state index < -0.39 is 5.60 Å². The number of hydrogen-bond acceptors (Lipinski definition) is 4. The van der Waals surface area contributed by atoms with Gasteiger partial charge in [-0.05, 0) is 26.0 Å². The summed E-state index contributed by atoms with van der Waals surface area (Å²) in [5.74, 6) is 1.35. The normalized spacial score (nSPS) is 14.4. The van der Waals surface area contributed by atoms with Crippen LogP contribution in [0.25, 0.3) is 0 Å². The van der Waals surface area contributed by atoms with Crippen LogP contribution in [0.3, 0.4) is 0 Å². The standard InChI is InChI=1S/C12H19NO3/c1-8-10(15-3)6-5-9(11(8)16-4)12(2,14)7-13/h5-6,14H,7,13H2,1-4H3. The Bertz CT molecular complexity index is 375. The monoisotopic (exact) mass is 225 g/mol. The van der Waals surface area contributed by atoms with Gasteiger partial charge in [0.1, 0.15) is 17.1 Å². The van der Waals surface area contributed by atoms with Crippen LogP contribution in [-0.4, -0.2) is 25.9 Å². The minimum Gasteiger partial charge on any atom is -0.496 e. The molecule has 1 aromatic rings. The molecule has 0 spiro atoms. The van der Waals surface area contributed by atoms with Crippen molar-refractivity contribution in [2.75, 3.05) is 20.8 Å². The molecule has 0 amide bonds. The average molecular weight is 225 g/mol. The summed E-state index contributed by atoms with van der Waals surface area (Å²) in [6, 6.07) is 3.58. The second-order valence-electron chi connectivity index (χ2n) is 3.95. The lowest BCUT2D eigenvalue weighted by molar-refractivity contribution is 0.0639. The molecule has 0 radical (unpaired) electrons. The van der Waals surface area contributed by atoms with Crippen LogP contribution in [0.2, 0.25) is 0 Å². The maximum absolute atomic E-state index is 10.1. The smallest absolute Gasteiger partial charge is 0.131 e. The first-order valence-corrected chi connectivity index (χ1v) is 5.12. The van der Waals surface area contributed by atoms with Crippen LogP contribution in [-0.2, 0) is 5.60 Å². The summed E-state index contributed by atoms with van der Waals surface area (Å²) in [7, 11) is 3.17. The second-order valence-corrected chi connectivity index (χ2v) is 3.95. The van der Waals surface area contributed by atoms with Crippen LogP contribution in [0.15, 0.2) is 12.1 Å². The summed E-state index contributed by atoms with van der Waals surface area (Å²) >= 11 is 0. The van der Waals surface area contributed by atoms with Crippen LogP contribution in [0.1, 0.15) is 18.1 Å². The highest BCUT2D eigenvalue weighted by molar-refractivity contribution is 5.51. The molecule has 4 heteroatoms. The Morgan fingerprint density at radius 1 is 1.31 bits per heavy atom. The number of nitrogens with two attached hydrogens (primary N) is 1. The van der Waals surface area contributed by atoms with Gasteiger partial charge < -0.3 is 20.3 Å². The Morgan fingerprint density at radius 3 is 2.38 bits per heavy atom. The maximum Gasteiger partial charge on any atom is 0.131 e. The highest BCUT2D eigenvalue weighted by atomic mass is 16.5. The number of hydrogen-bond donors (Lipinski definition) is 2. The van der Waals surface area contributed by atoms with E-state index in [2.05, 4.69) is 0 Å². The Morgan fingerprint density at radius 2 is 1.94 bits per heavy atom. The lowest BCUT2D eigenvalue weighted by Gasteiger charge is -2.25. The van der Waals surface area contributed by atoms with Gasteiger partial charge in [0.2, 0.25) is 0 Å². The van der Waals surface area contributed by atoms with Crippen molar-refractivity contribution in [2.45, 2.75) is 19.4 Å². The predicted octanol–water partition coefficient (Wildman–Crippen LogP) is 1.18. The van der Waals surface area contributed by atoms with Crippen LogP contribution >= 0.6 is 0 Å². The SMILES string of the molecule is COc1ccc(C(C)(O)CN)c(OC)c1C. The molecule has 0 aliphatic rings. The Balaban J connectivity index is 3.37. The molecule has 1 rings (SSSR count). The lowest BCUT2D eigenvalue weighted by Crippen LogP contribution is -2.31.